The number of rotatable bonds is 4. The van der Waals surface area contributed by atoms with Crippen LogP contribution in [0.5, 0.6) is 0 Å². The van der Waals surface area contributed by atoms with Gasteiger partial charge in [-0.15, -0.1) is 0 Å². The first-order valence-electron chi connectivity index (χ1n) is 5.65. The number of hydrogen-bond donors (Lipinski definition) is 1. The summed E-state index contributed by atoms with van der Waals surface area (Å²) in [6.45, 7) is 1.04. The van der Waals surface area contributed by atoms with E-state index in [0.29, 0.717) is 13.1 Å². The molecule has 5 heteroatoms. The predicted octanol–water partition coefficient (Wildman–Crippen LogP) is 4.67. The first kappa shape index (κ1) is 14.4. The van der Waals surface area contributed by atoms with E-state index in [2.05, 4.69) is 21.2 Å². The average molecular weight is 347 g/mol. The molecular formula is C14H11BrClF2N. The molecule has 0 aliphatic heterocycles. The van der Waals surface area contributed by atoms with Crippen LogP contribution in [0.1, 0.15) is 11.1 Å². The van der Waals surface area contributed by atoms with E-state index in [1.165, 1.54) is 18.2 Å². The second kappa shape index (κ2) is 6.46. The second-order valence-corrected chi connectivity index (χ2v) is 5.35. The van der Waals surface area contributed by atoms with Crippen molar-refractivity contribution in [3.8, 4) is 0 Å². The third-order valence-electron chi connectivity index (χ3n) is 2.64. The molecule has 0 heterocycles. The van der Waals surface area contributed by atoms with Crippen molar-refractivity contribution in [1.82, 2.24) is 5.32 Å². The maximum absolute atomic E-state index is 13.1. The molecule has 0 saturated carbocycles. The topological polar surface area (TPSA) is 12.0 Å². The molecule has 0 aliphatic carbocycles. The Kier molecular flexibility index (Phi) is 4.91. The molecule has 0 amide bonds. The summed E-state index contributed by atoms with van der Waals surface area (Å²) < 4.78 is 26.9. The maximum atomic E-state index is 13.1. The number of benzene rings is 2. The number of halogens is 4. The summed E-state index contributed by atoms with van der Waals surface area (Å²) in [5.41, 5.74) is 1.70. The molecule has 19 heavy (non-hydrogen) atoms. The molecule has 1 nitrogen and oxygen atoms in total. The third kappa shape index (κ3) is 4.00. The Morgan fingerprint density at radius 3 is 2.58 bits per heavy atom. The highest BCUT2D eigenvalue weighted by atomic mass is 79.9. The van der Waals surface area contributed by atoms with Gasteiger partial charge in [-0.05, 0) is 41.5 Å². The molecule has 1 N–H and O–H groups in total. The van der Waals surface area contributed by atoms with Crippen LogP contribution >= 0.6 is 27.5 Å². The van der Waals surface area contributed by atoms with Crippen molar-refractivity contribution in [2.45, 2.75) is 13.1 Å². The van der Waals surface area contributed by atoms with E-state index in [0.717, 1.165) is 15.6 Å². The Labute approximate surface area is 123 Å². The van der Waals surface area contributed by atoms with E-state index in [4.69, 9.17) is 11.6 Å². The fourth-order valence-electron chi connectivity index (χ4n) is 1.67. The van der Waals surface area contributed by atoms with E-state index >= 15 is 0 Å². The first-order chi connectivity index (χ1) is 9.06. The summed E-state index contributed by atoms with van der Waals surface area (Å²) in [4.78, 5) is 0. The molecule has 2 rings (SSSR count). The van der Waals surface area contributed by atoms with Gasteiger partial charge in [-0.1, -0.05) is 33.6 Å². The highest BCUT2D eigenvalue weighted by Gasteiger charge is 2.03. The van der Waals surface area contributed by atoms with Gasteiger partial charge < -0.3 is 5.32 Å². The Balaban J connectivity index is 1.96. The Bertz CT molecular complexity index is 590. The highest BCUT2D eigenvalue weighted by molar-refractivity contribution is 9.10. The highest BCUT2D eigenvalue weighted by Crippen LogP contribution is 2.18. The average Bonchev–Trinajstić information content (AvgIpc) is 2.38. The number of hydrogen-bond acceptors (Lipinski definition) is 1. The van der Waals surface area contributed by atoms with Gasteiger partial charge in [0.25, 0.3) is 0 Å². The lowest BCUT2D eigenvalue weighted by molar-refractivity contribution is 0.617. The summed E-state index contributed by atoms with van der Waals surface area (Å²) in [6, 6.07) is 9.10. The van der Waals surface area contributed by atoms with E-state index in [9.17, 15) is 8.78 Å². The van der Waals surface area contributed by atoms with Crippen LogP contribution in [0.25, 0.3) is 0 Å². The molecular weight excluding hydrogens is 336 g/mol. The Morgan fingerprint density at radius 2 is 1.84 bits per heavy atom. The fourth-order valence-corrected chi connectivity index (χ4v) is 2.26. The van der Waals surface area contributed by atoms with Gasteiger partial charge in [0.15, 0.2) is 0 Å². The minimum Gasteiger partial charge on any atom is -0.309 e. The largest absolute Gasteiger partial charge is 0.309 e. The monoisotopic (exact) mass is 345 g/mol. The predicted molar refractivity (Wildman–Crippen MR) is 76.1 cm³/mol. The minimum atomic E-state index is -0.432. The lowest BCUT2D eigenvalue weighted by atomic mass is 10.2. The summed E-state index contributed by atoms with van der Waals surface area (Å²) in [5.74, 6) is -0.705. The Morgan fingerprint density at radius 1 is 1.05 bits per heavy atom. The van der Waals surface area contributed by atoms with Gasteiger partial charge >= 0.3 is 0 Å². The van der Waals surface area contributed by atoms with Crippen LogP contribution in [0, 0.1) is 11.6 Å². The van der Waals surface area contributed by atoms with Crippen LogP contribution in [-0.4, -0.2) is 0 Å². The van der Waals surface area contributed by atoms with Gasteiger partial charge in [-0.2, -0.15) is 0 Å². The van der Waals surface area contributed by atoms with Crippen LogP contribution in [-0.2, 0) is 13.1 Å². The van der Waals surface area contributed by atoms with Gasteiger partial charge in [0.2, 0.25) is 0 Å². The molecule has 100 valence electrons. The van der Waals surface area contributed by atoms with E-state index in [-0.39, 0.29) is 10.8 Å². The lowest BCUT2D eigenvalue weighted by Gasteiger charge is -2.08. The second-order valence-electron chi connectivity index (χ2n) is 4.09. The van der Waals surface area contributed by atoms with Gasteiger partial charge in [-0.3, -0.25) is 0 Å². The zero-order valence-corrected chi connectivity index (χ0v) is 12.2. The van der Waals surface area contributed by atoms with Gasteiger partial charge in [-0.25, -0.2) is 8.78 Å². The van der Waals surface area contributed by atoms with Crippen LogP contribution in [0.3, 0.4) is 0 Å². The molecule has 0 atom stereocenters. The zero-order valence-electron chi connectivity index (χ0n) is 9.89. The molecule has 0 radical (unpaired) electrons. The van der Waals surface area contributed by atoms with Gasteiger partial charge in [0, 0.05) is 17.6 Å². The fraction of sp³-hybridized carbons (Fsp3) is 0.143. The van der Waals surface area contributed by atoms with Crippen molar-refractivity contribution in [3.05, 3.63) is 68.7 Å². The summed E-state index contributed by atoms with van der Waals surface area (Å²) >= 11 is 9.06. The van der Waals surface area contributed by atoms with Crippen LogP contribution in [0.15, 0.2) is 40.9 Å². The van der Waals surface area contributed by atoms with Crippen molar-refractivity contribution in [2.24, 2.45) is 0 Å². The van der Waals surface area contributed by atoms with Crippen LogP contribution in [0.4, 0.5) is 8.78 Å². The minimum absolute atomic E-state index is 0.103. The molecule has 0 unspecified atom stereocenters. The molecule has 0 spiro atoms. The third-order valence-corrected chi connectivity index (χ3v) is 3.70. The lowest BCUT2D eigenvalue weighted by Crippen LogP contribution is -2.13. The van der Waals surface area contributed by atoms with E-state index < -0.39 is 5.82 Å². The summed E-state index contributed by atoms with van der Waals surface area (Å²) in [5, 5.41) is 3.26. The Hall–Kier alpha value is -0.970. The summed E-state index contributed by atoms with van der Waals surface area (Å²) in [7, 11) is 0. The molecule has 0 aliphatic rings. The normalized spacial score (nSPS) is 10.7. The van der Waals surface area contributed by atoms with Crippen molar-refractivity contribution < 1.29 is 8.78 Å². The number of nitrogens with one attached hydrogen (secondary N) is 1. The molecule has 0 aromatic heterocycles. The maximum Gasteiger partial charge on any atom is 0.141 e. The standard InChI is InChI=1S/C14H11BrClF2N/c15-12-3-2-11(17)6-10(12)8-19-7-9-1-4-14(18)13(16)5-9/h1-6,19H,7-8H2. The summed E-state index contributed by atoms with van der Waals surface area (Å²) in [6.07, 6.45) is 0. The van der Waals surface area contributed by atoms with Crippen molar-refractivity contribution in [3.63, 3.8) is 0 Å². The molecule has 2 aromatic carbocycles. The van der Waals surface area contributed by atoms with Crippen molar-refractivity contribution >= 4 is 27.5 Å². The van der Waals surface area contributed by atoms with E-state index in [1.807, 2.05) is 0 Å². The molecule has 0 bridgehead atoms. The smallest absolute Gasteiger partial charge is 0.141 e. The van der Waals surface area contributed by atoms with Crippen LogP contribution in [0.2, 0.25) is 5.02 Å². The van der Waals surface area contributed by atoms with Crippen molar-refractivity contribution in [2.75, 3.05) is 0 Å². The van der Waals surface area contributed by atoms with Crippen LogP contribution < -0.4 is 5.32 Å². The molecule has 0 fully saturated rings. The molecule has 0 saturated heterocycles. The quantitative estimate of drug-likeness (QED) is 0.848. The SMILES string of the molecule is Fc1ccc(Br)c(CNCc2ccc(F)c(Cl)c2)c1. The first-order valence-corrected chi connectivity index (χ1v) is 6.82. The van der Waals surface area contributed by atoms with Gasteiger partial charge in [0.05, 0.1) is 5.02 Å². The molecule has 2 aromatic rings. The van der Waals surface area contributed by atoms with E-state index in [1.54, 1.807) is 18.2 Å². The van der Waals surface area contributed by atoms with Gasteiger partial charge in [0.1, 0.15) is 11.6 Å². The van der Waals surface area contributed by atoms with Crippen molar-refractivity contribution in [1.29, 1.82) is 0 Å². The zero-order chi connectivity index (χ0) is 13.8.